The fourth-order valence-electron chi connectivity index (χ4n) is 3.29. The number of halogens is 3. The Bertz CT molecular complexity index is 831. The summed E-state index contributed by atoms with van der Waals surface area (Å²) in [5.41, 5.74) is -0.832. The van der Waals surface area contributed by atoms with E-state index in [0.717, 1.165) is 50.3 Å². The Kier molecular flexibility index (Phi) is 6.39. The highest BCUT2D eigenvalue weighted by Crippen LogP contribution is 2.29. The molecule has 0 aromatic carbocycles. The lowest BCUT2D eigenvalue weighted by Gasteiger charge is -2.22. The number of anilines is 1. The monoisotopic (exact) mass is 410 g/mol. The van der Waals surface area contributed by atoms with E-state index in [0.29, 0.717) is 5.82 Å². The smallest absolute Gasteiger partial charge is 0.358 e. The molecule has 0 saturated heterocycles. The van der Waals surface area contributed by atoms with Crippen LogP contribution in [0.25, 0.3) is 0 Å². The Balaban J connectivity index is 1.63. The van der Waals surface area contributed by atoms with Gasteiger partial charge >= 0.3 is 6.18 Å². The first kappa shape index (κ1) is 21.1. The van der Waals surface area contributed by atoms with Gasteiger partial charge in [-0.25, -0.2) is 4.98 Å². The number of aryl methyl sites for hydroxylation is 1. The van der Waals surface area contributed by atoms with E-state index < -0.39 is 17.8 Å². The van der Waals surface area contributed by atoms with E-state index in [-0.39, 0.29) is 24.2 Å². The van der Waals surface area contributed by atoms with Crippen molar-refractivity contribution in [2.45, 2.75) is 64.8 Å². The average molecular weight is 410 g/mol. The third-order valence-electron chi connectivity index (χ3n) is 4.95. The number of rotatable bonds is 6. The van der Waals surface area contributed by atoms with Crippen molar-refractivity contribution in [3.63, 3.8) is 0 Å². The van der Waals surface area contributed by atoms with E-state index in [1.807, 2.05) is 13.8 Å². The number of amides is 1. The fourth-order valence-corrected chi connectivity index (χ4v) is 3.29. The summed E-state index contributed by atoms with van der Waals surface area (Å²) in [5.74, 6) is 1.50. The number of hydrogen-bond donors (Lipinski definition) is 2. The number of nitrogens with one attached hydrogen (secondary N) is 2. The summed E-state index contributed by atoms with van der Waals surface area (Å²) in [5, 5.41) is 14.2. The molecule has 7 nitrogen and oxygen atoms in total. The van der Waals surface area contributed by atoms with Crippen molar-refractivity contribution in [3.8, 4) is 0 Å². The molecular weight excluding hydrogens is 385 g/mol. The van der Waals surface area contributed by atoms with Gasteiger partial charge in [-0.2, -0.15) is 13.2 Å². The highest BCUT2D eigenvalue weighted by molar-refractivity contribution is 5.84. The molecule has 0 aliphatic carbocycles. The van der Waals surface area contributed by atoms with Gasteiger partial charge in [-0.15, -0.1) is 10.2 Å². The molecule has 29 heavy (non-hydrogen) atoms. The topological polar surface area (TPSA) is 84.7 Å². The van der Waals surface area contributed by atoms with Gasteiger partial charge in [0.25, 0.3) is 0 Å². The van der Waals surface area contributed by atoms with E-state index >= 15 is 0 Å². The summed E-state index contributed by atoms with van der Waals surface area (Å²) >= 11 is 0. The molecule has 158 valence electrons. The lowest BCUT2D eigenvalue weighted by molar-refractivity contribution is -0.137. The van der Waals surface area contributed by atoms with Gasteiger partial charge in [0.05, 0.1) is 12.1 Å². The number of carbonyl (C=O) groups excluding carboxylic acids is 1. The zero-order valence-electron chi connectivity index (χ0n) is 16.5. The molecular formula is C19H25F3N6O. The molecule has 1 aliphatic rings. The SMILES string of the molecule is CC(C)C(Nc1ccc(C(F)(F)F)cn1)C(=O)NCc1nnc2n1CCCCC2. The summed E-state index contributed by atoms with van der Waals surface area (Å²) in [6.45, 7) is 4.79. The van der Waals surface area contributed by atoms with Gasteiger partial charge < -0.3 is 15.2 Å². The summed E-state index contributed by atoms with van der Waals surface area (Å²) in [6, 6.07) is 1.52. The molecule has 3 heterocycles. The Hall–Kier alpha value is -2.65. The standard InChI is InChI=1S/C19H25F3N6O/c1-12(2)17(25-14-8-7-13(10-23-14)19(20,21)22)18(29)24-11-16-27-26-15-6-4-3-5-9-28(15)16/h7-8,10,12,17H,3-6,9,11H2,1-2H3,(H,23,25)(H,24,29). The number of aromatic nitrogens is 4. The lowest BCUT2D eigenvalue weighted by atomic mass is 10.0. The van der Waals surface area contributed by atoms with Crippen molar-refractivity contribution in [1.29, 1.82) is 0 Å². The van der Waals surface area contributed by atoms with Crippen LogP contribution in [0.2, 0.25) is 0 Å². The van der Waals surface area contributed by atoms with E-state index in [1.165, 1.54) is 6.07 Å². The molecule has 1 unspecified atom stereocenters. The van der Waals surface area contributed by atoms with Gasteiger partial charge in [0, 0.05) is 19.2 Å². The predicted octanol–water partition coefficient (Wildman–Crippen LogP) is 3.17. The lowest BCUT2D eigenvalue weighted by Crippen LogP contribution is -2.43. The predicted molar refractivity (Wildman–Crippen MR) is 101 cm³/mol. The Morgan fingerprint density at radius 3 is 2.66 bits per heavy atom. The van der Waals surface area contributed by atoms with Crippen molar-refractivity contribution in [2.24, 2.45) is 5.92 Å². The Morgan fingerprint density at radius 1 is 1.21 bits per heavy atom. The highest BCUT2D eigenvalue weighted by atomic mass is 19.4. The molecule has 0 spiro atoms. The van der Waals surface area contributed by atoms with E-state index in [2.05, 4.69) is 30.4 Å². The van der Waals surface area contributed by atoms with Crippen molar-refractivity contribution in [3.05, 3.63) is 35.5 Å². The summed E-state index contributed by atoms with van der Waals surface area (Å²) < 4.78 is 40.1. The van der Waals surface area contributed by atoms with Crippen molar-refractivity contribution in [1.82, 2.24) is 25.1 Å². The van der Waals surface area contributed by atoms with Crippen LogP contribution in [0.1, 0.15) is 50.3 Å². The van der Waals surface area contributed by atoms with Crippen LogP contribution in [0.5, 0.6) is 0 Å². The van der Waals surface area contributed by atoms with Crippen LogP contribution in [0.4, 0.5) is 19.0 Å². The summed E-state index contributed by atoms with van der Waals surface area (Å²) in [7, 11) is 0. The second kappa shape index (κ2) is 8.79. The quantitative estimate of drug-likeness (QED) is 0.764. The van der Waals surface area contributed by atoms with Crippen LogP contribution >= 0.6 is 0 Å². The minimum Gasteiger partial charge on any atom is -0.358 e. The molecule has 0 saturated carbocycles. The highest BCUT2D eigenvalue weighted by Gasteiger charge is 2.31. The van der Waals surface area contributed by atoms with E-state index in [9.17, 15) is 18.0 Å². The first-order valence-corrected chi connectivity index (χ1v) is 9.74. The normalized spacial score (nSPS) is 15.5. The number of nitrogens with zero attached hydrogens (tertiary/aromatic N) is 4. The first-order chi connectivity index (χ1) is 13.8. The maximum atomic E-state index is 12.7. The van der Waals surface area contributed by atoms with Crippen LogP contribution in [0, 0.1) is 5.92 Å². The third kappa shape index (κ3) is 5.24. The third-order valence-corrected chi connectivity index (χ3v) is 4.95. The summed E-state index contributed by atoms with van der Waals surface area (Å²) in [6.07, 6.45) is 0.483. The minimum atomic E-state index is -4.45. The minimum absolute atomic E-state index is 0.102. The van der Waals surface area contributed by atoms with Crippen LogP contribution in [-0.4, -0.2) is 31.7 Å². The van der Waals surface area contributed by atoms with Crippen molar-refractivity contribution < 1.29 is 18.0 Å². The van der Waals surface area contributed by atoms with Crippen molar-refractivity contribution in [2.75, 3.05) is 5.32 Å². The van der Waals surface area contributed by atoms with Gasteiger partial charge in [-0.3, -0.25) is 4.79 Å². The number of pyridine rings is 1. The molecule has 1 aliphatic heterocycles. The molecule has 2 aromatic heterocycles. The zero-order chi connectivity index (χ0) is 21.0. The number of hydrogen-bond acceptors (Lipinski definition) is 5. The molecule has 10 heteroatoms. The second-order valence-electron chi connectivity index (χ2n) is 7.51. The van der Waals surface area contributed by atoms with Gasteiger partial charge in [0.1, 0.15) is 17.7 Å². The maximum absolute atomic E-state index is 12.7. The molecule has 0 bridgehead atoms. The Morgan fingerprint density at radius 2 is 2.00 bits per heavy atom. The van der Waals surface area contributed by atoms with Crippen LogP contribution in [0.3, 0.4) is 0 Å². The van der Waals surface area contributed by atoms with Gasteiger partial charge in [0.2, 0.25) is 5.91 Å². The zero-order valence-corrected chi connectivity index (χ0v) is 16.5. The maximum Gasteiger partial charge on any atom is 0.417 e. The fraction of sp³-hybridized carbons (Fsp3) is 0.579. The Labute approximate surface area is 167 Å². The van der Waals surface area contributed by atoms with Crippen LogP contribution in [0.15, 0.2) is 18.3 Å². The van der Waals surface area contributed by atoms with Crippen LogP contribution < -0.4 is 10.6 Å². The van der Waals surface area contributed by atoms with Crippen molar-refractivity contribution >= 4 is 11.7 Å². The molecule has 0 radical (unpaired) electrons. The van der Waals surface area contributed by atoms with E-state index in [1.54, 1.807) is 0 Å². The second-order valence-corrected chi connectivity index (χ2v) is 7.51. The number of fused-ring (bicyclic) bond motifs is 1. The average Bonchev–Trinajstić information content (AvgIpc) is 2.89. The van der Waals surface area contributed by atoms with Gasteiger partial charge in [-0.1, -0.05) is 20.3 Å². The molecule has 2 aromatic rings. The first-order valence-electron chi connectivity index (χ1n) is 9.74. The number of alkyl halides is 3. The van der Waals surface area contributed by atoms with Gasteiger partial charge in [-0.05, 0) is 30.9 Å². The molecule has 1 atom stereocenters. The number of carbonyl (C=O) groups is 1. The molecule has 1 amide bonds. The molecule has 0 fully saturated rings. The largest absolute Gasteiger partial charge is 0.417 e. The van der Waals surface area contributed by atoms with Crippen LogP contribution in [-0.2, 0) is 30.5 Å². The molecule has 3 rings (SSSR count). The van der Waals surface area contributed by atoms with Gasteiger partial charge in [0.15, 0.2) is 5.82 Å². The summed E-state index contributed by atoms with van der Waals surface area (Å²) in [4.78, 5) is 16.5. The molecule has 2 N–H and O–H groups in total. The van der Waals surface area contributed by atoms with E-state index in [4.69, 9.17) is 0 Å².